The number of piperidine rings is 1. The quantitative estimate of drug-likeness (QED) is 0.764. The summed E-state index contributed by atoms with van der Waals surface area (Å²) in [6, 6.07) is 9.78. The summed E-state index contributed by atoms with van der Waals surface area (Å²) in [7, 11) is 2.99. The van der Waals surface area contributed by atoms with Crippen molar-refractivity contribution in [2.24, 2.45) is 11.8 Å². The maximum Gasteiger partial charge on any atom is 0.160 e. The van der Waals surface area contributed by atoms with Crippen molar-refractivity contribution >= 4 is 5.78 Å². The molecule has 3 N–H and O–H groups in total. The molecule has 1 heterocycles. The van der Waals surface area contributed by atoms with Crippen LogP contribution in [-0.2, 0) is 4.79 Å². The Morgan fingerprint density at radius 1 is 0.815 bits per heavy atom. The fourth-order valence-corrected chi connectivity index (χ4v) is 3.77. The Hall–Kier alpha value is -2.73. The molecule has 6 heteroatoms. The molecule has 144 valence electrons. The first-order valence-electron chi connectivity index (χ1n) is 8.91. The van der Waals surface area contributed by atoms with E-state index in [4.69, 9.17) is 9.47 Å². The van der Waals surface area contributed by atoms with E-state index in [0.29, 0.717) is 11.5 Å². The first-order valence-corrected chi connectivity index (χ1v) is 8.91. The van der Waals surface area contributed by atoms with Crippen LogP contribution in [0, 0.1) is 11.8 Å². The smallest absolute Gasteiger partial charge is 0.160 e. The van der Waals surface area contributed by atoms with E-state index in [1.165, 1.54) is 14.2 Å². The van der Waals surface area contributed by atoms with Gasteiger partial charge in [0.25, 0.3) is 0 Å². The Labute approximate surface area is 158 Å². The van der Waals surface area contributed by atoms with Crippen molar-refractivity contribution in [3.8, 4) is 23.0 Å². The van der Waals surface area contributed by atoms with Gasteiger partial charge in [-0.15, -0.1) is 0 Å². The van der Waals surface area contributed by atoms with Crippen molar-refractivity contribution in [3.63, 3.8) is 0 Å². The molecule has 0 aliphatic carbocycles. The zero-order chi connectivity index (χ0) is 19.7. The predicted octanol–water partition coefficient (Wildman–Crippen LogP) is 3.34. The van der Waals surface area contributed by atoms with Gasteiger partial charge in [0.1, 0.15) is 5.78 Å². The molecule has 1 fully saturated rings. The van der Waals surface area contributed by atoms with Gasteiger partial charge in [-0.1, -0.05) is 26.0 Å². The predicted molar refractivity (Wildman–Crippen MR) is 101 cm³/mol. The Morgan fingerprint density at radius 2 is 1.22 bits per heavy atom. The molecule has 1 saturated heterocycles. The largest absolute Gasteiger partial charge is 0.504 e. The highest BCUT2D eigenvalue weighted by Crippen LogP contribution is 2.41. The van der Waals surface area contributed by atoms with Gasteiger partial charge in [-0.2, -0.15) is 0 Å². The summed E-state index contributed by atoms with van der Waals surface area (Å²) in [4.78, 5) is 12.9. The first-order chi connectivity index (χ1) is 12.9. The van der Waals surface area contributed by atoms with E-state index in [1.54, 1.807) is 36.4 Å². The fourth-order valence-electron chi connectivity index (χ4n) is 3.77. The van der Waals surface area contributed by atoms with Gasteiger partial charge in [0.2, 0.25) is 0 Å². The number of rotatable bonds is 4. The molecule has 2 aromatic rings. The van der Waals surface area contributed by atoms with Crippen molar-refractivity contribution in [3.05, 3.63) is 47.5 Å². The Balaban J connectivity index is 1.99. The number of Topliss-reactive ketones (excluding diaryl/α,β-unsaturated/α-hetero) is 1. The number of ketones is 1. The van der Waals surface area contributed by atoms with Gasteiger partial charge < -0.3 is 25.0 Å². The van der Waals surface area contributed by atoms with Crippen LogP contribution in [0.25, 0.3) is 0 Å². The molecule has 0 saturated carbocycles. The van der Waals surface area contributed by atoms with Gasteiger partial charge in [-0.05, 0) is 35.4 Å². The molecule has 27 heavy (non-hydrogen) atoms. The highest BCUT2D eigenvalue weighted by molar-refractivity contribution is 5.85. The SMILES string of the molecule is COc1cc([C@H]2N[C@@H](c3ccc(O)c(OC)c3)[C@H](C)C(=O)[C@@H]2C)ccc1O. The van der Waals surface area contributed by atoms with Gasteiger partial charge in [-0.3, -0.25) is 4.79 Å². The lowest BCUT2D eigenvalue weighted by Gasteiger charge is -2.39. The van der Waals surface area contributed by atoms with Crippen molar-refractivity contribution in [1.82, 2.24) is 5.32 Å². The second kappa shape index (κ2) is 7.48. The molecule has 0 amide bonds. The Bertz CT molecular complexity index is 783. The highest BCUT2D eigenvalue weighted by atomic mass is 16.5. The van der Waals surface area contributed by atoms with Gasteiger partial charge in [0, 0.05) is 23.9 Å². The van der Waals surface area contributed by atoms with Crippen LogP contribution in [-0.4, -0.2) is 30.2 Å². The fraction of sp³-hybridized carbons (Fsp3) is 0.381. The number of ether oxygens (including phenoxy) is 2. The van der Waals surface area contributed by atoms with Crippen LogP contribution in [0.15, 0.2) is 36.4 Å². The molecule has 4 atom stereocenters. The zero-order valence-electron chi connectivity index (χ0n) is 15.9. The molecule has 0 radical (unpaired) electrons. The molecular formula is C21H25NO5. The number of methoxy groups -OCH3 is 2. The number of phenolic OH excluding ortho intramolecular Hbond substituents is 2. The van der Waals surface area contributed by atoms with Crippen molar-refractivity contribution < 1.29 is 24.5 Å². The number of aromatic hydroxyl groups is 2. The summed E-state index contributed by atoms with van der Waals surface area (Å²) >= 11 is 0. The third kappa shape index (κ3) is 3.45. The molecule has 3 rings (SSSR count). The van der Waals surface area contributed by atoms with E-state index in [0.717, 1.165) is 11.1 Å². The van der Waals surface area contributed by atoms with Gasteiger partial charge in [-0.25, -0.2) is 0 Å². The molecule has 0 spiro atoms. The van der Waals surface area contributed by atoms with E-state index in [-0.39, 0.29) is 41.2 Å². The zero-order valence-corrected chi connectivity index (χ0v) is 15.9. The van der Waals surface area contributed by atoms with Crippen LogP contribution in [0.3, 0.4) is 0 Å². The molecule has 0 unspecified atom stereocenters. The maximum absolute atomic E-state index is 12.9. The van der Waals surface area contributed by atoms with Crippen LogP contribution < -0.4 is 14.8 Å². The summed E-state index contributed by atoms with van der Waals surface area (Å²) in [6.07, 6.45) is 0. The second-order valence-electron chi connectivity index (χ2n) is 6.96. The summed E-state index contributed by atoms with van der Waals surface area (Å²) in [5, 5.41) is 23.3. The van der Waals surface area contributed by atoms with E-state index >= 15 is 0 Å². The number of phenols is 2. The van der Waals surface area contributed by atoms with Crippen LogP contribution in [0.1, 0.15) is 37.1 Å². The number of carbonyl (C=O) groups excluding carboxylic acids is 1. The van der Waals surface area contributed by atoms with Gasteiger partial charge in [0.05, 0.1) is 14.2 Å². The summed E-state index contributed by atoms with van der Waals surface area (Å²) in [5.41, 5.74) is 1.74. The molecule has 1 aliphatic rings. The number of carbonyl (C=O) groups is 1. The van der Waals surface area contributed by atoms with E-state index in [1.807, 2.05) is 13.8 Å². The lowest BCUT2D eigenvalue weighted by atomic mass is 9.76. The minimum absolute atomic E-state index is 0.0595. The molecule has 1 aliphatic heterocycles. The molecule has 0 bridgehead atoms. The van der Waals surface area contributed by atoms with Crippen LogP contribution in [0.4, 0.5) is 0 Å². The standard InChI is InChI=1S/C21H25NO5/c1-11-19(13-5-7-15(23)17(9-13)26-3)22-20(12(2)21(11)25)14-6-8-16(24)18(10-14)27-4/h5-12,19-20,22-24H,1-4H3/t11-,12+,19+,20-. The number of benzene rings is 2. The lowest BCUT2D eigenvalue weighted by Crippen LogP contribution is -2.46. The third-order valence-corrected chi connectivity index (χ3v) is 5.38. The normalized spacial score (nSPS) is 25.3. The average Bonchev–Trinajstić information content (AvgIpc) is 2.67. The minimum Gasteiger partial charge on any atom is -0.504 e. The first kappa shape index (κ1) is 19.0. The number of hydrogen-bond donors (Lipinski definition) is 3. The Morgan fingerprint density at radius 3 is 1.59 bits per heavy atom. The summed E-state index contributed by atoms with van der Waals surface area (Å²) < 4.78 is 10.4. The number of nitrogens with one attached hydrogen (secondary N) is 1. The lowest BCUT2D eigenvalue weighted by molar-refractivity contribution is -0.130. The number of hydrogen-bond acceptors (Lipinski definition) is 6. The minimum atomic E-state index is -0.232. The van der Waals surface area contributed by atoms with E-state index < -0.39 is 0 Å². The van der Waals surface area contributed by atoms with Gasteiger partial charge in [0.15, 0.2) is 23.0 Å². The topological polar surface area (TPSA) is 88.0 Å². The van der Waals surface area contributed by atoms with Crippen LogP contribution in [0.2, 0.25) is 0 Å². The van der Waals surface area contributed by atoms with Crippen LogP contribution >= 0.6 is 0 Å². The van der Waals surface area contributed by atoms with E-state index in [9.17, 15) is 15.0 Å². The monoisotopic (exact) mass is 371 g/mol. The van der Waals surface area contributed by atoms with Crippen LogP contribution in [0.5, 0.6) is 23.0 Å². The summed E-state index contributed by atoms with van der Waals surface area (Å²) in [6.45, 7) is 3.81. The maximum atomic E-state index is 12.9. The second-order valence-corrected chi connectivity index (χ2v) is 6.96. The van der Waals surface area contributed by atoms with Crippen molar-refractivity contribution in [1.29, 1.82) is 0 Å². The molecule has 2 aromatic carbocycles. The van der Waals surface area contributed by atoms with Gasteiger partial charge >= 0.3 is 0 Å². The Kier molecular flexibility index (Phi) is 5.28. The average molecular weight is 371 g/mol. The van der Waals surface area contributed by atoms with Crippen molar-refractivity contribution in [2.45, 2.75) is 25.9 Å². The summed E-state index contributed by atoms with van der Waals surface area (Å²) in [5.74, 6) is 0.552. The molecule has 6 nitrogen and oxygen atoms in total. The highest BCUT2D eigenvalue weighted by Gasteiger charge is 2.40. The third-order valence-electron chi connectivity index (χ3n) is 5.38. The molecular weight excluding hydrogens is 346 g/mol. The van der Waals surface area contributed by atoms with E-state index in [2.05, 4.69) is 5.32 Å². The van der Waals surface area contributed by atoms with Crippen molar-refractivity contribution in [2.75, 3.05) is 14.2 Å². The molecule has 0 aromatic heterocycles.